The monoisotopic (exact) mass is 291 g/mol. The van der Waals surface area contributed by atoms with Crippen molar-refractivity contribution >= 4 is 17.9 Å². The molecule has 0 aliphatic rings. The minimum absolute atomic E-state index is 0.112. The number of rotatable bonds is 5. The Morgan fingerprint density at radius 3 is 2.05 bits per heavy atom. The van der Waals surface area contributed by atoms with Gasteiger partial charge in [0, 0.05) is 0 Å². The summed E-state index contributed by atoms with van der Waals surface area (Å²) >= 11 is 0. The maximum Gasteiger partial charge on any atom is 0.335 e. The number of hydrogen-bond acceptors (Lipinski definition) is 5. The normalized spacial score (nSPS) is 10.3. The Morgan fingerprint density at radius 2 is 1.57 bits per heavy atom. The van der Waals surface area contributed by atoms with Crippen molar-refractivity contribution < 1.29 is 29.7 Å². The van der Waals surface area contributed by atoms with Crippen molar-refractivity contribution in [3.8, 4) is 5.69 Å². The quantitative estimate of drug-likeness (QED) is 0.713. The van der Waals surface area contributed by atoms with Crippen LogP contribution in [-0.4, -0.2) is 48.2 Å². The van der Waals surface area contributed by atoms with Crippen LogP contribution in [0.5, 0.6) is 0 Å². The fourth-order valence-electron chi connectivity index (χ4n) is 1.73. The molecule has 2 rings (SSSR count). The molecule has 0 saturated heterocycles. The Hall–Kier alpha value is -3.23. The average molecular weight is 291 g/mol. The minimum atomic E-state index is -1.31. The van der Waals surface area contributed by atoms with Gasteiger partial charge in [-0.2, -0.15) is 0 Å². The molecule has 108 valence electrons. The van der Waals surface area contributed by atoms with Crippen LogP contribution in [0, 0.1) is 0 Å². The Morgan fingerprint density at radius 1 is 1.00 bits per heavy atom. The molecule has 0 unspecified atom stereocenters. The number of carboxylic acids is 3. The number of carbonyl (C=O) groups is 3. The fraction of sp³-hybridized carbons (Fsp3) is 0.0833. The molecule has 21 heavy (non-hydrogen) atoms. The van der Waals surface area contributed by atoms with Crippen molar-refractivity contribution in [3.63, 3.8) is 0 Å². The Kier molecular flexibility index (Phi) is 3.65. The highest BCUT2D eigenvalue weighted by Crippen LogP contribution is 2.16. The van der Waals surface area contributed by atoms with Crippen LogP contribution in [0.4, 0.5) is 0 Å². The fourth-order valence-corrected chi connectivity index (χ4v) is 1.73. The van der Waals surface area contributed by atoms with Crippen molar-refractivity contribution in [3.05, 3.63) is 41.2 Å². The smallest absolute Gasteiger partial charge is 0.335 e. The summed E-state index contributed by atoms with van der Waals surface area (Å²) in [5.41, 5.74) is -0.189. The van der Waals surface area contributed by atoms with Crippen molar-refractivity contribution in [2.45, 2.75) is 6.42 Å². The first kappa shape index (κ1) is 14.2. The van der Waals surface area contributed by atoms with Gasteiger partial charge in [0.2, 0.25) is 0 Å². The molecule has 0 bridgehead atoms. The lowest BCUT2D eigenvalue weighted by atomic mass is 10.1. The molecule has 0 aliphatic carbocycles. The van der Waals surface area contributed by atoms with E-state index in [2.05, 4.69) is 10.3 Å². The lowest BCUT2D eigenvalue weighted by Gasteiger charge is -2.07. The topological polar surface area (TPSA) is 143 Å². The third kappa shape index (κ3) is 3.03. The summed E-state index contributed by atoms with van der Waals surface area (Å²) in [5, 5.41) is 34.0. The molecular weight excluding hydrogens is 282 g/mol. The number of hydrogen-bond donors (Lipinski definition) is 3. The molecule has 9 heteroatoms. The molecule has 0 atom stereocenters. The number of aliphatic carboxylic acids is 1. The first-order valence-electron chi connectivity index (χ1n) is 5.62. The van der Waals surface area contributed by atoms with Crippen molar-refractivity contribution in [2.24, 2.45) is 0 Å². The van der Waals surface area contributed by atoms with E-state index in [4.69, 9.17) is 15.3 Å². The molecular formula is C12H9N3O6. The largest absolute Gasteiger partial charge is 0.481 e. The van der Waals surface area contributed by atoms with Gasteiger partial charge in [0.1, 0.15) is 0 Å². The second-order valence-electron chi connectivity index (χ2n) is 4.09. The maximum absolute atomic E-state index is 11.0. The molecule has 3 N–H and O–H groups in total. The molecule has 1 heterocycles. The maximum atomic E-state index is 11.0. The van der Waals surface area contributed by atoms with E-state index in [1.165, 1.54) is 18.3 Å². The molecule has 0 spiro atoms. The second kappa shape index (κ2) is 5.41. The number of aromatic carboxylic acids is 2. The summed E-state index contributed by atoms with van der Waals surface area (Å²) in [6.45, 7) is 0. The van der Waals surface area contributed by atoms with E-state index in [1.54, 1.807) is 0 Å². The molecule has 2 aromatic rings. The number of nitrogens with zero attached hydrogens (tertiary/aromatic N) is 3. The molecule has 0 aliphatic heterocycles. The average Bonchev–Trinajstić information content (AvgIpc) is 2.85. The van der Waals surface area contributed by atoms with Gasteiger partial charge in [0.15, 0.2) is 0 Å². The third-order valence-electron chi connectivity index (χ3n) is 2.61. The van der Waals surface area contributed by atoms with Gasteiger partial charge in [-0.1, -0.05) is 5.21 Å². The zero-order valence-corrected chi connectivity index (χ0v) is 10.4. The highest BCUT2D eigenvalue weighted by molar-refractivity contribution is 5.94. The van der Waals surface area contributed by atoms with E-state index >= 15 is 0 Å². The molecule has 0 radical (unpaired) electrons. The SMILES string of the molecule is O=C(O)Cc1cnnn1-c1cc(C(=O)O)cc(C(=O)O)c1. The van der Waals surface area contributed by atoms with Crippen LogP contribution in [0.2, 0.25) is 0 Å². The van der Waals surface area contributed by atoms with Crippen LogP contribution in [-0.2, 0) is 11.2 Å². The van der Waals surface area contributed by atoms with Crippen molar-refractivity contribution in [1.82, 2.24) is 15.0 Å². The van der Waals surface area contributed by atoms with Crippen LogP contribution < -0.4 is 0 Å². The predicted molar refractivity (Wildman–Crippen MR) is 66.6 cm³/mol. The lowest BCUT2D eigenvalue weighted by Crippen LogP contribution is -2.10. The van der Waals surface area contributed by atoms with Crippen LogP contribution in [0.25, 0.3) is 5.69 Å². The van der Waals surface area contributed by atoms with E-state index in [0.29, 0.717) is 0 Å². The number of benzene rings is 1. The van der Waals surface area contributed by atoms with Gasteiger partial charge >= 0.3 is 17.9 Å². The van der Waals surface area contributed by atoms with Crippen molar-refractivity contribution in [1.29, 1.82) is 0 Å². The van der Waals surface area contributed by atoms with Crippen LogP contribution in [0.3, 0.4) is 0 Å². The summed E-state index contributed by atoms with van der Waals surface area (Å²) in [4.78, 5) is 32.8. The standard InChI is InChI=1S/C12H9N3O6/c16-10(17)4-9-5-13-14-15(9)8-2-6(11(18)19)1-7(3-8)12(20)21/h1-3,5H,4H2,(H,16,17)(H,18,19)(H,20,21). The minimum Gasteiger partial charge on any atom is -0.481 e. The summed E-state index contributed by atoms with van der Waals surface area (Å²) in [6, 6.07) is 3.38. The third-order valence-corrected chi connectivity index (χ3v) is 2.61. The summed E-state index contributed by atoms with van der Waals surface area (Å²) in [6.07, 6.45) is 0.828. The first-order valence-corrected chi connectivity index (χ1v) is 5.62. The second-order valence-corrected chi connectivity index (χ2v) is 4.09. The van der Waals surface area contributed by atoms with E-state index in [-0.39, 0.29) is 28.9 Å². The Labute approximate surface area is 117 Å². The predicted octanol–water partition coefficient (Wildman–Crippen LogP) is 0.291. The van der Waals surface area contributed by atoms with Crippen LogP contribution in [0.1, 0.15) is 26.4 Å². The van der Waals surface area contributed by atoms with Crippen molar-refractivity contribution in [2.75, 3.05) is 0 Å². The Balaban J connectivity index is 2.58. The van der Waals surface area contributed by atoms with E-state index in [9.17, 15) is 14.4 Å². The van der Waals surface area contributed by atoms with Gasteiger partial charge < -0.3 is 15.3 Å². The van der Waals surface area contributed by atoms with Gasteiger partial charge in [0.05, 0.1) is 35.1 Å². The first-order chi connectivity index (χ1) is 9.88. The molecule has 0 amide bonds. The molecule has 0 fully saturated rings. The summed E-state index contributed by atoms with van der Waals surface area (Å²) in [7, 11) is 0. The van der Waals surface area contributed by atoms with E-state index in [0.717, 1.165) is 10.7 Å². The highest BCUT2D eigenvalue weighted by atomic mass is 16.4. The molecule has 9 nitrogen and oxygen atoms in total. The summed E-state index contributed by atoms with van der Waals surface area (Å²) < 4.78 is 1.09. The molecule has 0 saturated carbocycles. The number of carboxylic acid groups (broad SMARTS) is 3. The van der Waals surface area contributed by atoms with Gasteiger partial charge in [-0.05, 0) is 18.2 Å². The van der Waals surface area contributed by atoms with E-state index in [1.807, 2.05) is 0 Å². The zero-order valence-electron chi connectivity index (χ0n) is 10.4. The Bertz CT molecular complexity index is 704. The lowest BCUT2D eigenvalue weighted by molar-refractivity contribution is -0.136. The van der Waals surface area contributed by atoms with Crippen LogP contribution in [0.15, 0.2) is 24.4 Å². The van der Waals surface area contributed by atoms with Gasteiger partial charge in [-0.3, -0.25) is 4.79 Å². The molecule has 1 aromatic heterocycles. The highest BCUT2D eigenvalue weighted by Gasteiger charge is 2.16. The molecule has 1 aromatic carbocycles. The van der Waals surface area contributed by atoms with Gasteiger partial charge in [-0.25, -0.2) is 14.3 Å². The number of aromatic nitrogens is 3. The zero-order chi connectivity index (χ0) is 15.6. The van der Waals surface area contributed by atoms with Gasteiger partial charge in [0.25, 0.3) is 0 Å². The van der Waals surface area contributed by atoms with Crippen LogP contribution >= 0.6 is 0 Å². The van der Waals surface area contributed by atoms with Gasteiger partial charge in [-0.15, -0.1) is 5.10 Å². The van der Waals surface area contributed by atoms with E-state index < -0.39 is 17.9 Å². The summed E-state index contributed by atoms with van der Waals surface area (Å²) in [5.74, 6) is -3.73.